The number of hydrogen-bond donors (Lipinski definition) is 1. The molecule has 4 aliphatic rings. The molecule has 0 amide bonds. The number of nitriles is 1. The van der Waals surface area contributed by atoms with E-state index < -0.39 is 0 Å². The number of aliphatic hydroxyl groups is 1. The lowest BCUT2D eigenvalue weighted by Gasteiger charge is -2.57. The molecule has 3 heteroatoms. The van der Waals surface area contributed by atoms with Crippen molar-refractivity contribution in [2.24, 2.45) is 28.6 Å². The van der Waals surface area contributed by atoms with Gasteiger partial charge in [-0.3, -0.25) is 4.79 Å². The number of Topliss-reactive ketones (excluding diaryl/α,β-unsaturated/α-hetero) is 1. The van der Waals surface area contributed by atoms with Gasteiger partial charge in [0.15, 0.2) is 5.78 Å². The predicted octanol–water partition coefficient (Wildman–Crippen LogP) is 4.33. The van der Waals surface area contributed by atoms with Crippen LogP contribution in [0.15, 0.2) is 22.8 Å². The second-order valence-electron chi connectivity index (χ2n) is 9.34. The Morgan fingerprint density at radius 1 is 1.20 bits per heavy atom. The van der Waals surface area contributed by atoms with Gasteiger partial charge in [-0.1, -0.05) is 25.5 Å². The lowest BCUT2D eigenvalue weighted by molar-refractivity contribution is -0.115. The Hall–Kier alpha value is -1.40. The first-order valence-corrected chi connectivity index (χ1v) is 9.83. The summed E-state index contributed by atoms with van der Waals surface area (Å²) in [6.07, 6.45) is 9.02. The summed E-state index contributed by atoms with van der Waals surface area (Å²) >= 11 is 0. The molecule has 25 heavy (non-hydrogen) atoms. The Morgan fingerprint density at radius 3 is 2.60 bits per heavy atom. The number of hydrogen-bond acceptors (Lipinski definition) is 3. The molecule has 0 aliphatic heterocycles. The molecule has 0 unspecified atom stereocenters. The minimum absolute atomic E-state index is 0.0963. The average molecular weight is 339 g/mol. The van der Waals surface area contributed by atoms with Crippen LogP contribution in [-0.4, -0.2) is 17.0 Å². The fourth-order valence-electron chi connectivity index (χ4n) is 7.03. The van der Waals surface area contributed by atoms with Gasteiger partial charge in [-0.2, -0.15) is 5.26 Å². The van der Waals surface area contributed by atoms with E-state index in [1.54, 1.807) is 6.92 Å². The fraction of sp³-hybridized carbons (Fsp3) is 0.727. The van der Waals surface area contributed by atoms with Gasteiger partial charge < -0.3 is 5.11 Å². The van der Waals surface area contributed by atoms with Crippen molar-refractivity contribution in [3.8, 4) is 6.07 Å². The minimum Gasteiger partial charge on any atom is -0.393 e. The molecule has 0 radical (unpaired) electrons. The molecule has 134 valence electrons. The van der Waals surface area contributed by atoms with Gasteiger partial charge >= 0.3 is 0 Å². The monoisotopic (exact) mass is 339 g/mol. The van der Waals surface area contributed by atoms with Crippen LogP contribution in [0.25, 0.3) is 0 Å². The highest BCUT2D eigenvalue weighted by Gasteiger charge is 2.58. The molecular weight excluding hydrogens is 310 g/mol. The zero-order valence-corrected chi connectivity index (χ0v) is 15.6. The first-order chi connectivity index (χ1) is 11.8. The first kappa shape index (κ1) is 17.0. The standard InChI is InChI=1S/C22H29NO2/c1-13(24)20-14(12-23)10-19-17-5-4-15-11-16(25)6-8-21(15,2)18(17)7-9-22(19,20)3/h4,16-19,25H,5-11H2,1-3H3/t16-,17+,18-,19-,21-,22-/m0/s1. The first-order valence-electron chi connectivity index (χ1n) is 9.83. The SMILES string of the molecule is CC(=O)C1=C(C#N)C[C@H]2[C@@H]3CC=C4C[C@@H](O)CC[C@]4(C)[C@H]3CC[C@]12C. The number of aliphatic hydroxyl groups excluding tert-OH is 1. The van der Waals surface area contributed by atoms with Crippen LogP contribution in [0.3, 0.4) is 0 Å². The van der Waals surface area contributed by atoms with Crippen LogP contribution < -0.4 is 0 Å². The summed E-state index contributed by atoms with van der Waals surface area (Å²) in [6, 6.07) is 2.35. The van der Waals surface area contributed by atoms with Gasteiger partial charge in [-0.15, -0.1) is 0 Å². The van der Waals surface area contributed by atoms with Crippen molar-refractivity contribution < 1.29 is 9.90 Å². The lowest BCUT2D eigenvalue weighted by atomic mass is 9.47. The summed E-state index contributed by atoms with van der Waals surface area (Å²) in [7, 11) is 0. The maximum absolute atomic E-state index is 12.3. The quantitative estimate of drug-likeness (QED) is 0.723. The maximum atomic E-state index is 12.3. The van der Waals surface area contributed by atoms with Crippen molar-refractivity contribution >= 4 is 5.78 Å². The van der Waals surface area contributed by atoms with Gasteiger partial charge in [0.2, 0.25) is 0 Å². The zero-order valence-electron chi connectivity index (χ0n) is 15.6. The van der Waals surface area contributed by atoms with E-state index in [-0.39, 0.29) is 22.7 Å². The van der Waals surface area contributed by atoms with E-state index >= 15 is 0 Å². The van der Waals surface area contributed by atoms with Crippen molar-refractivity contribution in [3.63, 3.8) is 0 Å². The highest BCUT2D eigenvalue weighted by Crippen LogP contribution is 2.65. The largest absolute Gasteiger partial charge is 0.393 e. The summed E-state index contributed by atoms with van der Waals surface area (Å²) in [5.41, 5.74) is 3.13. The number of nitrogens with zero attached hydrogens (tertiary/aromatic N) is 1. The number of carbonyl (C=O) groups is 1. The van der Waals surface area contributed by atoms with E-state index in [0.29, 0.717) is 17.8 Å². The van der Waals surface area contributed by atoms with Crippen molar-refractivity contribution in [1.29, 1.82) is 5.26 Å². The molecule has 3 nitrogen and oxygen atoms in total. The van der Waals surface area contributed by atoms with Crippen LogP contribution in [-0.2, 0) is 4.79 Å². The third-order valence-electron chi connectivity index (χ3n) is 8.25. The lowest BCUT2D eigenvalue weighted by Crippen LogP contribution is -2.50. The fourth-order valence-corrected chi connectivity index (χ4v) is 7.03. The van der Waals surface area contributed by atoms with E-state index in [9.17, 15) is 15.2 Å². The van der Waals surface area contributed by atoms with Gasteiger partial charge in [0.05, 0.1) is 12.2 Å². The molecule has 4 aliphatic carbocycles. The van der Waals surface area contributed by atoms with E-state index in [2.05, 4.69) is 26.0 Å². The molecule has 0 aromatic carbocycles. The van der Waals surface area contributed by atoms with Crippen molar-refractivity contribution in [2.75, 3.05) is 0 Å². The highest BCUT2D eigenvalue weighted by atomic mass is 16.3. The summed E-state index contributed by atoms with van der Waals surface area (Å²) in [6.45, 7) is 6.28. The Morgan fingerprint density at radius 2 is 1.92 bits per heavy atom. The maximum Gasteiger partial charge on any atom is 0.157 e. The molecule has 1 N–H and O–H groups in total. The Kier molecular flexibility index (Phi) is 3.78. The van der Waals surface area contributed by atoms with Crippen molar-refractivity contribution in [2.45, 2.75) is 71.8 Å². The second-order valence-corrected chi connectivity index (χ2v) is 9.34. The van der Waals surface area contributed by atoms with E-state index in [4.69, 9.17) is 0 Å². The molecular formula is C22H29NO2. The molecule has 4 rings (SSSR count). The topological polar surface area (TPSA) is 61.1 Å². The summed E-state index contributed by atoms with van der Waals surface area (Å²) < 4.78 is 0. The van der Waals surface area contributed by atoms with Crippen molar-refractivity contribution in [3.05, 3.63) is 22.8 Å². The average Bonchev–Trinajstić information content (AvgIpc) is 2.88. The van der Waals surface area contributed by atoms with Crippen LogP contribution >= 0.6 is 0 Å². The van der Waals surface area contributed by atoms with Crippen LogP contribution in [0.5, 0.6) is 0 Å². The molecule has 0 aromatic heterocycles. The molecule has 2 saturated carbocycles. The van der Waals surface area contributed by atoms with E-state index in [0.717, 1.165) is 56.1 Å². The minimum atomic E-state index is -0.174. The second kappa shape index (κ2) is 5.55. The van der Waals surface area contributed by atoms with Gasteiger partial charge in [0.25, 0.3) is 0 Å². The van der Waals surface area contributed by atoms with Crippen LogP contribution in [0, 0.1) is 39.9 Å². The summed E-state index contributed by atoms with van der Waals surface area (Å²) in [4.78, 5) is 12.3. The number of allylic oxidation sites excluding steroid dienone is 3. The van der Waals surface area contributed by atoms with Gasteiger partial charge in [0.1, 0.15) is 0 Å². The van der Waals surface area contributed by atoms with Crippen molar-refractivity contribution in [1.82, 2.24) is 0 Å². The number of ketones is 1. The summed E-state index contributed by atoms with van der Waals surface area (Å²) in [5.74, 6) is 1.70. The molecule has 6 atom stereocenters. The summed E-state index contributed by atoms with van der Waals surface area (Å²) in [5, 5.41) is 19.7. The van der Waals surface area contributed by atoms with E-state index in [1.807, 2.05) is 0 Å². The molecule has 0 bridgehead atoms. The Balaban J connectivity index is 1.72. The molecule has 0 saturated heterocycles. The van der Waals surface area contributed by atoms with E-state index in [1.165, 1.54) is 5.57 Å². The van der Waals surface area contributed by atoms with Gasteiger partial charge in [-0.25, -0.2) is 0 Å². The molecule has 2 fully saturated rings. The normalized spacial score (nSPS) is 45.8. The third-order valence-corrected chi connectivity index (χ3v) is 8.25. The predicted molar refractivity (Wildman–Crippen MR) is 96.4 cm³/mol. The highest BCUT2D eigenvalue weighted by molar-refractivity contribution is 5.97. The van der Waals surface area contributed by atoms with Crippen LogP contribution in [0.2, 0.25) is 0 Å². The Labute approximate surface area is 150 Å². The number of rotatable bonds is 1. The van der Waals surface area contributed by atoms with Crippen LogP contribution in [0.4, 0.5) is 0 Å². The van der Waals surface area contributed by atoms with Gasteiger partial charge in [0, 0.05) is 16.6 Å². The van der Waals surface area contributed by atoms with Gasteiger partial charge in [-0.05, 0) is 75.0 Å². The Bertz CT molecular complexity index is 727. The molecule has 0 heterocycles. The molecule has 0 aromatic rings. The zero-order chi connectivity index (χ0) is 18.0. The molecule has 0 spiro atoms. The third kappa shape index (κ3) is 2.23. The number of fused-ring (bicyclic) bond motifs is 5. The number of carbonyl (C=O) groups excluding carboxylic acids is 1. The van der Waals surface area contributed by atoms with Crippen LogP contribution in [0.1, 0.15) is 65.7 Å². The smallest absolute Gasteiger partial charge is 0.157 e.